The lowest BCUT2D eigenvalue weighted by molar-refractivity contribution is 0.924. The van der Waals surface area contributed by atoms with E-state index in [1.54, 1.807) is 6.33 Å². The third-order valence-corrected chi connectivity index (χ3v) is 3.48. The molecule has 0 saturated carbocycles. The molecular weight excluding hydrogens is 248 g/mol. The van der Waals surface area contributed by atoms with Crippen LogP contribution in [0.1, 0.15) is 5.56 Å². The zero-order valence-electron chi connectivity index (χ0n) is 11.7. The van der Waals surface area contributed by atoms with E-state index >= 15 is 0 Å². The van der Waals surface area contributed by atoms with Gasteiger partial charge in [-0.3, -0.25) is 0 Å². The fourth-order valence-electron chi connectivity index (χ4n) is 2.35. The highest BCUT2D eigenvalue weighted by Gasteiger charge is 2.05. The van der Waals surface area contributed by atoms with Gasteiger partial charge >= 0.3 is 0 Å². The van der Waals surface area contributed by atoms with Crippen LogP contribution in [0, 0.1) is 0 Å². The van der Waals surface area contributed by atoms with Crippen molar-refractivity contribution in [2.75, 3.05) is 24.3 Å². The zero-order chi connectivity index (χ0) is 13.9. The van der Waals surface area contributed by atoms with Crippen LogP contribution in [0.25, 0.3) is 11.0 Å². The highest BCUT2D eigenvalue weighted by atomic mass is 15.1. The van der Waals surface area contributed by atoms with Crippen LogP contribution in [0.15, 0.2) is 48.8 Å². The quantitative estimate of drug-likeness (QED) is 0.762. The van der Waals surface area contributed by atoms with E-state index in [0.717, 1.165) is 23.3 Å². The van der Waals surface area contributed by atoms with Crippen LogP contribution in [0.3, 0.4) is 0 Å². The number of rotatable bonds is 4. The van der Waals surface area contributed by atoms with Crippen molar-refractivity contribution in [1.29, 1.82) is 0 Å². The minimum Gasteiger partial charge on any atom is -0.388 e. The summed E-state index contributed by atoms with van der Waals surface area (Å²) in [5.41, 5.74) is 5.67. The molecule has 0 fully saturated rings. The number of nitrogens with zero attached hydrogens (tertiary/aromatic N) is 2. The average Bonchev–Trinajstić information content (AvgIpc) is 2.94. The number of benzene rings is 2. The van der Waals surface area contributed by atoms with E-state index in [2.05, 4.69) is 63.6 Å². The average molecular weight is 266 g/mol. The topological polar surface area (TPSA) is 44.0 Å². The van der Waals surface area contributed by atoms with Gasteiger partial charge in [0.1, 0.15) is 0 Å². The number of imidazole rings is 1. The van der Waals surface area contributed by atoms with Crippen molar-refractivity contribution in [2.24, 2.45) is 0 Å². The molecule has 0 aliphatic heterocycles. The third kappa shape index (κ3) is 2.45. The standard InChI is InChI=1S/C16H18N4/c1-17-13-5-3-4-12(8-13)10-20(2)14-6-7-15-16(9-14)19-11-18-15/h3-9,11,17H,10H2,1-2H3,(H,18,19). The second kappa shape index (κ2) is 5.25. The zero-order valence-corrected chi connectivity index (χ0v) is 11.7. The Morgan fingerprint density at radius 3 is 2.95 bits per heavy atom. The van der Waals surface area contributed by atoms with Crippen molar-refractivity contribution in [3.63, 3.8) is 0 Å². The highest BCUT2D eigenvalue weighted by Crippen LogP contribution is 2.21. The van der Waals surface area contributed by atoms with Crippen LogP contribution in [0.4, 0.5) is 11.4 Å². The summed E-state index contributed by atoms with van der Waals surface area (Å²) in [6, 6.07) is 14.7. The molecule has 4 heteroatoms. The van der Waals surface area contributed by atoms with Gasteiger partial charge < -0.3 is 15.2 Å². The molecule has 0 radical (unpaired) electrons. The number of nitrogens with one attached hydrogen (secondary N) is 2. The summed E-state index contributed by atoms with van der Waals surface area (Å²) in [6.07, 6.45) is 1.73. The lowest BCUT2D eigenvalue weighted by Crippen LogP contribution is -2.16. The number of fused-ring (bicyclic) bond motifs is 1. The maximum atomic E-state index is 4.24. The van der Waals surface area contributed by atoms with Crippen LogP contribution < -0.4 is 10.2 Å². The van der Waals surface area contributed by atoms with Gasteiger partial charge in [0.25, 0.3) is 0 Å². The largest absolute Gasteiger partial charge is 0.388 e. The van der Waals surface area contributed by atoms with E-state index in [4.69, 9.17) is 0 Å². The molecular formula is C16H18N4. The van der Waals surface area contributed by atoms with Crippen molar-refractivity contribution in [3.05, 3.63) is 54.4 Å². The predicted octanol–water partition coefficient (Wildman–Crippen LogP) is 3.24. The molecule has 0 unspecified atom stereocenters. The van der Waals surface area contributed by atoms with Crippen LogP contribution in [0.2, 0.25) is 0 Å². The fraction of sp³-hybridized carbons (Fsp3) is 0.188. The smallest absolute Gasteiger partial charge is 0.0931 e. The van der Waals surface area contributed by atoms with E-state index in [-0.39, 0.29) is 0 Å². The monoisotopic (exact) mass is 266 g/mol. The van der Waals surface area contributed by atoms with Gasteiger partial charge in [-0.2, -0.15) is 0 Å². The summed E-state index contributed by atoms with van der Waals surface area (Å²) in [7, 11) is 4.04. The first-order valence-corrected chi connectivity index (χ1v) is 6.67. The summed E-state index contributed by atoms with van der Waals surface area (Å²) in [5.74, 6) is 0. The lowest BCUT2D eigenvalue weighted by atomic mass is 10.1. The first-order chi connectivity index (χ1) is 9.76. The Bertz CT molecular complexity index is 717. The van der Waals surface area contributed by atoms with Gasteiger partial charge in [0.15, 0.2) is 0 Å². The molecule has 1 aromatic heterocycles. The summed E-state index contributed by atoms with van der Waals surface area (Å²) < 4.78 is 0. The summed E-state index contributed by atoms with van der Waals surface area (Å²) in [5, 5.41) is 3.17. The van der Waals surface area contributed by atoms with E-state index < -0.39 is 0 Å². The first-order valence-electron chi connectivity index (χ1n) is 6.67. The highest BCUT2D eigenvalue weighted by molar-refractivity contribution is 5.79. The van der Waals surface area contributed by atoms with Gasteiger partial charge in [0.2, 0.25) is 0 Å². The van der Waals surface area contributed by atoms with E-state index in [1.807, 2.05) is 13.1 Å². The fourth-order valence-corrected chi connectivity index (χ4v) is 2.35. The van der Waals surface area contributed by atoms with Gasteiger partial charge in [-0.05, 0) is 35.9 Å². The molecule has 0 atom stereocenters. The van der Waals surface area contributed by atoms with Gasteiger partial charge in [0.05, 0.1) is 17.4 Å². The Morgan fingerprint density at radius 1 is 1.20 bits per heavy atom. The van der Waals surface area contributed by atoms with Gasteiger partial charge in [-0.15, -0.1) is 0 Å². The van der Waals surface area contributed by atoms with Crippen LogP contribution >= 0.6 is 0 Å². The Balaban J connectivity index is 1.82. The van der Waals surface area contributed by atoms with Crippen LogP contribution in [-0.2, 0) is 6.54 Å². The van der Waals surface area contributed by atoms with Gasteiger partial charge in [0, 0.05) is 32.0 Å². The first kappa shape index (κ1) is 12.5. The second-order valence-electron chi connectivity index (χ2n) is 4.91. The molecule has 0 bridgehead atoms. The Morgan fingerprint density at radius 2 is 2.10 bits per heavy atom. The van der Waals surface area contributed by atoms with Crippen molar-refractivity contribution >= 4 is 22.4 Å². The number of aromatic amines is 1. The Kier molecular flexibility index (Phi) is 3.29. The second-order valence-corrected chi connectivity index (χ2v) is 4.91. The molecule has 0 aliphatic rings. The number of anilines is 2. The van der Waals surface area contributed by atoms with Crippen molar-refractivity contribution in [2.45, 2.75) is 6.54 Å². The summed E-state index contributed by atoms with van der Waals surface area (Å²) in [6.45, 7) is 0.870. The maximum Gasteiger partial charge on any atom is 0.0931 e. The van der Waals surface area contributed by atoms with Crippen molar-refractivity contribution < 1.29 is 0 Å². The normalized spacial score (nSPS) is 10.7. The van der Waals surface area contributed by atoms with Gasteiger partial charge in [-0.25, -0.2) is 4.98 Å². The van der Waals surface area contributed by atoms with Gasteiger partial charge in [-0.1, -0.05) is 12.1 Å². The molecule has 0 saturated heterocycles. The molecule has 0 amide bonds. The minimum atomic E-state index is 0.870. The van der Waals surface area contributed by atoms with E-state index in [1.165, 1.54) is 11.3 Å². The molecule has 3 aromatic rings. The summed E-state index contributed by atoms with van der Waals surface area (Å²) >= 11 is 0. The summed E-state index contributed by atoms with van der Waals surface area (Å²) in [4.78, 5) is 9.62. The maximum absolute atomic E-state index is 4.24. The van der Waals surface area contributed by atoms with Crippen LogP contribution in [0.5, 0.6) is 0 Å². The lowest BCUT2D eigenvalue weighted by Gasteiger charge is -2.19. The molecule has 0 aliphatic carbocycles. The number of aromatic nitrogens is 2. The SMILES string of the molecule is CNc1cccc(CN(C)c2ccc3nc[nH]c3c2)c1. The number of hydrogen-bond acceptors (Lipinski definition) is 3. The molecule has 20 heavy (non-hydrogen) atoms. The molecule has 2 aromatic carbocycles. The Hall–Kier alpha value is -2.49. The van der Waals surface area contributed by atoms with Crippen molar-refractivity contribution in [3.8, 4) is 0 Å². The molecule has 3 rings (SSSR count). The predicted molar refractivity (Wildman–Crippen MR) is 84.2 cm³/mol. The molecule has 2 N–H and O–H groups in total. The van der Waals surface area contributed by atoms with E-state index in [0.29, 0.717) is 0 Å². The Labute approximate surface area is 118 Å². The molecule has 102 valence electrons. The molecule has 0 spiro atoms. The van der Waals surface area contributed by atoms with Crippen molar-refractivity contribution in [1.82, 2.24) is 9.97 Å². The molecule has 1 heterocycles. The number of hydrogen-bond donors (Lipinski definition) is 2. The van der Waals surface area contributed by atoms with E-state index in [9.17, 15) is 0 Å². The number of H-pyrrole nitrogens is 1. The molecule has 4 nitrogen and oxygen atoms in total. The third-order valence-electron chi connectivity index (χ3n) is 3.48. The van der Waals surface area contributed by atoms with Crippen LogP contribution in [-0.4, -0.2) is 24.1 Å². The minimum absolute atomic E-state index is 0.870.